The largest absolute Gasteiger partial charge is 0.496 e. The lowest BCUT2D eigenvalue weighted by Crippen LogP contribution is -2.41. The van der Waals surface area contributed by atoms with Gasteiger partial charge in [-0.25, -0.2) is 29.6 Å². The second-order valence-electron chi connectivity index (χ2n) is 29.2. The Balaban J connectivity index is 0.000000143. The Labute approximate surface area is 675 Å². The number of hydrogen-bond donors (Lipinski definition) is 5. The topological polar surface area (TPSA) is 298 Å². The van der Waals surface area contributed by atoms with Crippen LogP contribution in [0, 0.1) is 13.1 Å². The van der Waals surface area contributed by atoms with Gasteiger partial charge < -0.3 is 50.1 Å². The minimum Gasteiger partial charge on any atom is -0.399 e. The molecule has 4 aliphatic rings. The van der Waals surface area contributed by atoms with Crippen LogP contribution in [0.1, 0.15) is 160 Å². The fourth-order valence-electron chi connectivity index (χ4n) is 14.6. The van der Waals surface area contributed by atoms with E-state index in [1.165, 1.54) is 44.1 Å². The average molecular weight is 1670 g/mol. The SMILES string of the molecule is CC1(C)OB(c2ccc(=O)n(C3CCCC3)c2)OC1(C)C.O=c1ccc(Br)c[nH]1.O=c1ccc(Br)cn1C1CCCC1.[C-]#[N+]c1cnc(N)nc1N[C@@H](C)c1cc2cccc(-c3ccc(=O)n(C4CCCC4)c3)c2c(=O)n1-c1ccccc1.[C-]#[N+]c1cnc(N)nc1N[C@@H](C)c1cc2cccc(Cl)c2c(=O)n1-c1ccccc1. The van der Waals surface area contributed by atoms with Crippen LogP contribution in [0.3, 0.4) is 0 Å². The fourth-order valence-corrected chi connectivity index (χ4v) is 15.4. The summed E-state index contributed by atoms with van der Waals surface area (Å²) >= 11 is 12.9. The summed E-state index contributed by atoms with van der Waals surface area (Å²) in [5.74, 6) is 0.718. The first-order valence-electron chi connectivity index (χ1n) is 37.5. The first-order chi connectivity index (χ1) is 54.3. The second-order valence-corrected chi connectivity index (χ2v) is 31.4. The van der Waals surface area contributed by atoms with Crippen LogP contribution in [0.4, 0.5) is 34.9 Å². The quantitative estimate of drug-likeness (QED) is 0.0529. The van der Waals surface area contributed by atoms with Crippen molar-refractivity contribution in [2.45, 2.75) is 160 Å². The Kier molecular flexibility index (Phi) is 25.9. The van der Waals surface area contributed by atoms with Crippen LogP contribution in [0.2, 0.25) is 5.02 Å². The van der Waals surface area contributed by atoms with Crippen molar-refractivity contribution in [1.82, 2.24) is 47.8 Å². The number of halogens is 3. The van der Waals surface area contributed by atoms with E-state index in [1.807, 2.05) is 177 Å². The molecule has 0 radical (unpaired) electrons. The molecule has 113 heavy (non-hydrogen) atoms. The van der Waals surface area contributed by atoms with Gasteiger partial charge in [0.25, 0.3) is 27.8 Å². The van der Waals surface area contributed by atoms with Crippen molar-refractivity contribution >= 4 is 112 Å². The maximum Gasteiger partial charge on any atom is 0.496 e. The molecular formula is C85H86BBr2ClN16O8. The summed E-state index contributed by atoms with van der Waals surface area (Å²) in [4.78, 5) is 100. The van der Waals surface area contributed by atoms with Gasteiger partial charge in [-0.15, -0.1) is 0 Å². The number of hydrogen-bond acceptors (Lipinski definition) is 16. The molecule has 16 rings (SSSR count). The van der Waals surface area contributed by atoms with Gasteiger partial charge in [-0.2, -0.15) is 0 Å². The third-order valence-corrected chi connectivity index (χ3v) is 22.4. The summed E-state index contributed by atoms with van der Waals surface area (Å²) in [7, 11) is -0.400. The minimum atomic E-state index is -0.421. The standard InChI is InChI=1S/C32H29N7O2.C22H17ClN6O.C16H24BNO3.C10H12BrNO.C5H4BrNO/c1-20(36-30-26(34-2)18-35-32(33)37-30)27-17-21-9-8-14-25(29(21)31(41)39(27)24-12-4-3-5-13-24)22-15-16-28(40)38(19-22)23-10-6-7-11-23;1-13(27-20-17(25-2)12-26-22(24)28-20)18-11-14-7-6-10-16(23)19(14)21(30)29(18)15-8-4-3-5-9-15;1-15(2)16(3,4)21-17(20-15)12-9-10-14(19)18(11-12)13-7-5-6-8-13;11-8-5-6-10(13)12(7-8)9-3-1-2-4-9;6-4-1-2-5(8)7-3-4/h3-5,8-9,12-20,23H,6-7,10-11H2,1H3,(H3,33,35,36,37);3-13H,1H3,(H3,24,26,27,28);9-11,13H,5-8H2,1-4H3;5-7,9H,1-4H2;1-3H,(H,7,8)/t20-;13-;;;/m00.../s1. The van der Waals surface area contributed by atoms with Crippen LogP contribution in [0.25, 0.3) is 53.7 Å². The number of aromatic nitrogens is 10. The first kappa shape index (κ1) is 81.2. The van der Waals surface area contributed by atoms with Crippen molar-refractivity contribution < 1.29 is 9.31 Å². The summed E-state index contributed by atoms with van der Waals surface area (Å²) in [6.45, 7) is 26.8. The highest BCUT2D eigenvalue weighted by molar-refractivity contribution is 9.10. The maximum absolute atomic E-state index is 14.5. The monoisotopic (exact) mass is 1660 g/mol. The van der Waals surface area contributed by atoms with Gasteiger partial charge >= 0.3 is 7.12 Å². The number of aromatic amines is 1. The number of nitrogens with zero attached hydrogens (tertiary/aromatic N) is 11. The third kappa shape index (κ3) is 18.9. The van der Waals surface area contributed by atoms with Crippen LogP contribution in [-0.2, 0) is 9.31 Å². The minimum absolute atomic E-state index is 0.0195. The zero-order valence-electron chi connectivity index (χ0n) is 63.4. The molecule has 0 unspecified atom stereocenters. The smallest absolute Gasteiger partial charge is 0.399 e. The van der Waals surface area contributed by atoms with Crippen molar-refractivity contribution in [3.8, 4) is 22.5 Å². The summed E-state index contributed by atoms with van der Waals surface area (Å²) in [5.41, 5.74) is 16.3. The molecule has 3 aliphatic carbocycles. The van der Waals surface area contributed by atoms with E-state index in [0.717, 1.165) is 87.7 Å². The van der Waals surface area contributed by atoms with Gasteiger partial charge in [0.15, 0.2) is 0 Å². The van der Waals surface area contributed by atoms with E-state index < -0.39 is 13.2 Å². The van der Waals surface area contributed by atoms with E-state index >= 15 is 0 Å². The lowest BCUT2D eigenvalue weighted by molar-refractivity contribution is 0.00578. The summed E-state index contributed by atoms with van der Waals surface area (Å²) < 4.78 is 22.9. The van der Waals surface area contributed by atoms with Crippen molar-refractivity contribution in [2.24, 2.45) is 0 Å². The number of benzene rings is 4. The van der Waals surface area contributed by atoms with Crippen molar-refractivity contribution in [2.75, 3.05) is 22.1 Å². The van der Waals surface area contributed by atoms with Crippen molar-refractivity contribution in [3.63, 3.8) is 0 Å². The molecule has 8 aromatic heterocycles. The van der Waals surface area contributed by atoms with Crippen molar-refractivity contribution in [1.29, 1.82) is 0 Å². The maximum atomic E-state index is 14.5. The molecule has 4 fully saturated rings. The lowest BCUT2D eigenvalue weighted by atomic mass is 9.80. The number of nitrogens with one attached hydrogen (secondary N) is 3. The Hall–Kier alpha value is -11.3. The molecule has 24 nitrogen and oxygen atoms in total. The predicted octanol–water partition coefficient (Wildman–Crippen LogP) is 16.9. The average Bonchev–Trinajstić information content (AvgIpc) is 1.65. The van der Waals surface area contributed by atoms with E-state index in [9.17, 15) is 28.8 Å². The van der Waals surface area contributed by atoms with E-state index in [4.69, 9.17) is 45.5 Å². The number of H-pyrrole nitrogens is 1. The first-order valence-corrected chi connectivity index (χ1v) is 39.5. The normalized spacial score (nSPS) is 15.5. The third-order valence-electron chi connectivity index (χ3n) is 21.1. The number of anilines is 4. The zero-order valence-corrected chi connectivity index (χ0v) is 67.3. The molecule has 578 valence electrons. The van der Waals surface area contributed by atoms with Crippen LogP contribution >= 0.6 is 43.5 Å². The van der Waals surface area contributed by atoms with Crippen LogP contribution in [0.15, 0.2) is 233 Å². The van der Waals surface area contributed by atoms with Gasteiger partial charge in [-0.05, 0) is 200 Å². The molecule has 0 amide bonds. The van der Waals surface area contributed by atoms with Gasteiger partial charge in [-0.3, -0.25) is 37.9 Å². The molecule has 2 atom stereocenters. The number of rotatable bonds is 13. The van der Waals surface area contributed by atoms with E-state index in [0.29, 0.717) is 62.3 Å². The molecule has 12 aromatic rings. The van der Waals surface area contributed by atoms with E-state index in [1.54, 1.807) is 63.9 Å². The number of pyridine rings is 6. The van der Waals surface area contributed by atoms with Gasteiger partial charge in [0.05, 0.1) is 52.2 Å². The summed E-state index contributed by atoms with van der Waals surface area (Å²) in [6, 6.07) is 47.4. The van der Waals surface area contributed by atoms with Gasteiger partial charge in [0, 0.05) is 111 Å². The molecule has 7 N–H and O–H groups in total. The lowest BCUT2D eigenvalue weighted by Gasteiger charge is -2.32. The molecule has 0 bridgehead atoms. The zero-order chi connectivity index (χ0) is 80.3. The Bertz CT molecular complexity index is 5890. The van der Waals surface area contributed by atoms with E-state index in [-0.39, 0.29) is 79.9 Å². The summed E-state index contributed by atoms with van der Waals surface area (Å²) in [5, 5.41) is 9.39. The molecular weight excluding hydrogens is 1580 g/mol. The molecule has 1 aliphatic heterocycles. The van der Waals surface area contributed by atoms with Crippen molar-refractivity contribution in [3.05, 3.63) is 305 Å². The molecule has 28 heteroatoms. The molecule has 0 spiro atoms. The molecule has 1 saturated heterocycles. The van der Waals surface area contributed by atoms with Crippen LogP contribution in [0.5, 0.6) is 0 Å². The summed E-state index contributed by atoms with van der Waals surface area (Å²) in [6.07, 6.45) is 23.7. The van der Waals surface area contributed by atoms with Crippen LogP contribution < -0.4 is 60.9 Å². The highest BCUT2D eigenvalue weighted by Gasteiger charge is 2.52. The second kappa shape index (κ2) is 36.0. The Morgan fingerprint density at radius 1 is 0.540 bits per heavy atom. The van der Waals surface area contributed by atoms with Crippen LogP contribution in [-0.4, -0.2) is 66.1 Å². The number of nitrogen functional groups attached to an aromatic ring is 2. The highest BCUT2D eigenvalue weighted by Crippen LogP contribution is 2.39. The van der Waals surface area contributed by atoms with Gasteiger partial charge in [0.1, 0.15) is 11.6 Å². The van der Waals surface area contributed by atoms with Gasteiger partial charge in [-0.1, -0.05) is 123 Å². The number of nitrogens with two attached hydrogens (primary N) is 2. The Morgan fingerprint density at radius 3 is 1.44 bits per heavy atom. The molecule has 9 heterocycles. The van der Waals surface area contributed by atoms with E-state index in [2.05, 4.69) is 77.1 Å². The number of fused-ring (bicyclic) bond motifs is 2. The number of para-hydroxylation sites is 2. The predicted molar refractivity (Wildman–Crippen MR) is 455 cm³/mol. The highest BCUT2D eigenvalue weighted by atomic mass is 79.9. The Morgan fingerprint density at radius 2 is 0.973 bits per heavy atom. The van der Waals surface area contributed by atoms with Gasteiger partial charge in [0.2, 0.25) is 28.8 Å². The molecule has 4 aromatic carbocycles. The fraction of sp³-hybridized carbons (Fsp3) is 0.294. The molecule has 3 saturated carbocycles.